The molecule has 2 unspecified atom stereocenters. The fourth-order valence-corrected chi connectivity index (χ4v) is 2.75. The topological polar surface area (TPSA) is 26.3 Å². The van der Waals surface area contributed by atoms with E-state index in [9.17, 15) is 5.21 Å². The van der Waals surface area contributed by atoms with Crippen molar-refractivity contribution >= 4 is 0 Å². The Morgan fingerprint density at radius 3 is 2.43 bits per heavy atom. The van der Waals surface area contributed by atoms with E-state index in [1.54, 1.807) is 0 Å². The minimum Gasteiger partial charge on any atom is -0.631 e. The molecule has 3 nitrogen and oxygen atoms in total. The highest BCUT2D eigenvalue weighted by Gasteiger charge is 2.49. The van der Waals surface area contributed by atoms with Gasteiger partial charge in [0.15, 0.2) is 5.66 Å². The van der Waals surface area contributed by atoms with Crippen molar-refractivity contribution in [2.45, 2.75) is 46.2 Å². The predicted molar refractivity (Wildman–Crippen MR) is 59.6 cm³/mol. The molecule has 0 bridgehead atoms. The Hall–Kier alpha value is -0.120. The van der Waals surface area contributed by atoms with E-state index in [1.807, 2.05) is 0 Å². The molecule has 0 saturated carbocycles. The number of hydrogen-bond acceptors (Lipinski definition) is 2. The summed E-state index contributed by atoms with van der Waals surface area (Å²) in [6.45, 7) is 12.0. The first-order valence-electron chi connectivity index (χ1n) is 5.87. The highest BCUT2D eigenvalue weighted by atomic mass is 16.6. The molecule has 1 aliphatic heterocycles. The van der Waals surface area contributed by atoms with Crippen LogP contribution < -0.4 is 0 Å². The number of likely N-dealkylation sites (N-methyl/N-ethyl adjacent to an activating group) is 1. The van der Waals surface area contributed by atoms with Crippen molar-refractivity contribution in [3.63, 3.8) is 0 Å². The molecule has 0 radical (unpaired) electrons. The van der Waals surface area contributed by atoms with Gasteiger partial charge in [0, 0.05) is 19.9 Å². The van der Waals surface area contributed by atoms with Gasteiger partial charge < -0.3 is 9.85 Å². The third-order valence-corrected chi connectivity index (χ3v) is 3.93. The van der Waals surface area contributed by atoms with Crippen LogP contribution in [-0.2, 0) is 0 Å². The lowest BCUT2D eigenvalue weighted by Gasteiger charge is -2.52. The largest absolute Gasteiger partial charge is 0.631 e. The third-order valence-electron chi connectivity index (χ3n) is 3.93. The van der Waals surface area contributed by atoms with E-state index < -0.39 is 0 Å². The summed E-state index contributed by atoms with van der Waals surface area (Å²) in [6.07, 6.45) is 1.93. The fourth-order valence-electron chi connectivity index (χ4n) is 2.75. The van der Waals surface area contributed by atoms with Crippen molar-refractivity contribution < 1.29 is 4.65 Å². The molecule has 1 aliphatic rings. The summed E-state index contributed by atoms with van der Waals surface area (Å²) < 4.78 is -0.00611. The summed E-state index contributed by atoms with van der Waals surface area (Å²) in [7, 11) is 0. The number of hydrogen-bond donors (Lipinski definition) is 0. The molecule has 0 aliphatic carbocycles. The molecule has 3 heteroatoms. The van der Waals surface area contributed by atoms with E-state index in [1.165, 1.54) is 0 Å². The van der Waals surface area contributed by atoms with Gasteiger partial charge in [-0.1, -0.05) is 20.8 Å². The zero-order chi connectivity index (χ0) is 10.8. The maximum absolute atomic E-state index is 12.7. The number of nitrogens with zero attached hydrogens (tertiary/aromatic N) is 2. The molecule has 1 fully saturated rings. The zero-order valence-corrected chi connectivity index (χ0v) is 10.0. The second kappa shape index (κ2) is 4.17. The number of quaternary nitrogens is 1. The molecule has 1 rings (SSSR count). The summed E-state index contributed by atoms with van der Waals surface area (Å²) in [5.41, 5.74) is -0.176. The lowest BCUT2D eigenvalue weighted by atomic mass is 10.1. The highest BCUT2D eigenvalue weighted by molar-refractivity contribution is 4.83. The van der Waals surface area contributed by atoms with Crippen molar-refractivity contribution in [2.75, 3.05) is 26.2 Å². The molecule has 0 aromatic rings. The molecule has 0 N–H and O–H groups in total. The average Bonchev–Trinajstić information content (AvgIpc) is 2.41. The van der Waals surface area contributed by atoms with Crippen LogP contribution >= 0.6 is 0 Å². The Morgan fingerprint density at radius 2 is 2.00 bits per heavy atom. The van der Waals surface area contributed by atoms with Gasteiger partial charge in [0.1, 0.15) is 0 Å². The lowest BCUT2D eigenvalue weighted by molar-refractivity contribution is -0.925. The molecule has 0 amide bonds. The van der Waals surface area contributed by atoms with Crippen molar-refractivity contribution in [3.05, 3.63) is 5.21 Å². The molecular weight excluding hydrogens is 176 g/mol. The van der Waals surface area contributed by atoms with E-state index in [2.05, 4.69) is 32.6 Å². The van der Waals surface area contributed by atoms with E-state index in [-0.39, 0.29) is 10.3 Å². The second-order valence-electron chi connectivity index (χ2n) is 4.49. The van der Waals surface area contributed by atoms with E-state index in [0.29, 0.717) is 0 Å². The predicted octanol–water partition coefficient (Wildman–Crippen LogP) is 2.17. The first kappa shape index (κ1) is 12.0. The molecular formula is C11H24N2O. The Kier molecular flexibility index (Phi) is 3.56. The van der Waals surface area contributed by atoms with Crippen molar-refractivity contribution in [1.29, 1.82) is 0 Å². The van der Waals surface area contributed by atoms with Gasteiger partial charge in [-0.25, -0.2) is 4.90 Å². The number of hydroxylamine groups is 3. The summed E-state index contributed by atoms with van der Waals surface area (Å²) in [6, 6.07) is 0. The molecule has 2 atom stereocenters. The summed E-state index contributed by atoms with van der Waals surface area (Å²) >= 11 is 0. The van der Waals surface area contributed by atoms with E-state index in [0.717, 1.165) is 39.0 Å². The van der Waals surface area contributed by atoms with Gasteiger partial charge >= 0.3 is 0 Å². The van der Waals surface area contributed by atoms with Crippen molar-refractivity contribution in [3.8, 4) is 0 Å². The van der Waals surface area contributed by atoms with Gasteiger partial charge in [-0.05, 0) is 6.42 Å². The van der Waals surface area contributed by atoms with Crippen LogP contribution in [0.15, 0.2) is 0 Å². The zero-order valence-electron chi connectivity index (χ0n) is 10.0. The van der Waals surface area contributed by atoms with Crippen LogP contribution in [0.5, 0.6) is 0 Å². The van der Waals surface area contributed by atoms with Gasteiger partial charge in [-0.15, -0.1) is 0 Å². The monoisotopic (exact) mass is 200 g/mol. The van der Waals surface area contributed by atoms with Crippen LogP contribution in [-0.4, -0.2) is 41.4 Å². The van der Waals surface area contributed by atoms with Crippen molar-refractivity contribution in [2.24, 2.45) is 0 Å². The van der Waals surface area contributed by atoms with Crippen LogP contribution in [0.4, 0.5) is 0 Å². The highest BCUT2D eigenvalue weighted by Crippen LogP contribution is 2.36. The van der Waals surface area contributed by atoms with Crippen LogP contribution in [0.2, 0.25) is 0 Å². The van der Waals surface area contributed by atoms with Crippen LogP contribution in [0.25, 0.3) is 0 Å². The Balaban J connectivity index is 2.88. The third kappa shape index (κ3) is 1.58. The van der Waals surface area contributed by atoms with Gasteiger partial charge in [-0.2, -0.15) is 0 Å². The first-order valence-corrected chi connectivity index (χ1v) is 5.87. The minimum absolute atomic E-state index is 0.00611. The fraction of sp³-hybridized carbons (Fsp3) is 1.00. The first-order chi connectivity index (χ1) is 6.54. The van der Waals surface area contributed by atoms with Gasteiger partial charge in [0.05, 0.1) is 19.6 Å². The minimum atomic E-state index is -0.176. The van der Waals surface area contributed by atoms with Crippen LogP contribution in [0.1, 0.15) is 40.5 Å². The average molecular weight is 200 g/mol. The molecule has 1 heterocycles. The van der Waals surface area contributed by atoms with Crippen LogP contribution in [0, 0.1) is 5.21 Å². The smallest absolute Gasteiger partial charge is 0.152 e. The molecule has 14 heavy (non-hydrogen) atoms. The summed E-state index contributed by atoms with van der Waals surface area (Å²) in [4.78, 5) is 2.34. The normalized spacial score (nSPS) is 39.2. The quantitative estimate of drug-likeness (QED) is 0.513. The summed E-state index contributed by atoms with van der Waals surface area (Å²) in [5, 5.41) is 12.7. The Labute approximate surface area is 87.9 Å². The Bertz CT molecular complexity index is 198. The lowest BCUT2D eigenvalue weighted by Crippen LogP contribution is -2.60. The SMILES string of the molecule is CCC[N+]1([O-])CCN(CC)C1(C)CC. The van der Waals surface area contributed by atoms with Crippen molar-refractivity contribution in [1.82, 2.24) is 4.90 Å². The Morgan fingerprint density at radius 1 is 1.36 bits per heavy atom. The van der Waals surface area contributed by atoms with Gasteiger partial charge in [0.2, 0.25) is 0 Å². The molecule has 84 valence electrons. The maximum atomic E-state index is 12.7. The second-order valence-corrected chi connectivity index (χ2v) is 4.49. The summed E-state index contributed by atoms with van der Waals surface area (Å²) in [5.74, 6) is 0. The van der Waals surface area contributed by atoms with E-state index >= 15 is 0 Å². The van der Waals surface area contributed by atoms with E-state index in [4.69, 9.17) is 0 Å². The number of rotatable bonds is 4. The maximum Gasteiger partial charge on any atom is 0.152 e. The molecule has 0 aromatic heterocycles. The molecule has 0 aromatic carbocycles. The molecule has 0 spiro atoms. The molecule has 1 saturated heterocycles. The van der Waals surface area contributed by atoms with Gasteiger partial charge in [0.25, 0.3) is 0 Å². The van der Waals surface area contributed by atoms with Crippen LogP contribution in [0.3, 0.4) is 0 Å². The standard InChI is InChI=1S/C11H24N2O/c1-5-9-13(14)10-8-12(7-3)11(13,4)6-2/h5-10H2,1-4H3. The van der Waals surface area contributed by atoms with Gasteiger partial charge in [-0.3, -0.25) is 0 Å².